The summed E-state index contributed by atoms with van der Waals surface area (Å²) < 4.78 is 5.71. The van der Waals surface area contributed by atoms with Crippen molar-refractivity contribution in [1.29, 1.82) is 0 Å². The van der Waals surface area contributed by atoms with Crippen LogP contribution in [0.25, 0.3) is 22.9 Å². The van der Waals surface area contributed by atoms with Crippen molar-refractivity contribution < 1.29 is 14.3 Å². The Balaban J connectivity index is 1.52. The Hall–Kier alpha value is -3.93. The third-order valence-corrected chi connectivity index (χ3v) is 3.99. The second kappa shape index (κ2) is 7.13. The lowest BCUT2D eigenvalue weighted by atomic mass is 10.1. The van der Waals surface area contributed by atoms with Gasteiger partial charge in [-0.15, -0.1) is 10.2 Å². The molecule has 2 N–H and O–H groups in total. The minimum Gasteiger partial charge on any atom is -0.506 e. The monoisotopic (exact) mass is 357 g/mol. The van der Waals surface area contributed by atoms with E-state index in [1.165, 1.54) is 6.07 Å². The number of rotatable bonds is 4. The van der Waals surface area contributed by atoms with Crippen LogP contribution in [0.15, 0.2) is 83.3 Å². The zero-order valence-electron chi connectivity index (χ0n) is 14.2. The Labute approximate surface area is 155 Å². The number of anilines is 1. The van der Waals surface area contributed by atoms with Gasteiger partial charge in [-0.1, -0.05) is 30.3 Å². The van der Waals surface area contributed by atoms with E-state index >= 15 is 0 Å². The van der Waals surface area contributed by atoms with Gasteiger partial charge in [0, 0.05) is 16.7 Å². The number of para-hydroxylation sites is 2. The smallest absolute Gasteiger partial charge is 0.255 e. The van der Waals surface area contributed by atoms with Crippen molar-refractivity contribution in [3.05, 3.63) is 84.4 Å². The van der Waals surface area contributed by atoms with E-state index in [1.807, 2.05) is 30.3 Å². The van der Waals surface area contributed by atoms with Gasteiger partial charge in [0.25, 0.3) is 5.91 Å². The van der Waals surface area contributed by atoms with E-state index in [9.17, 15) is 9.90 Å². The van der Waals surface area contributed by atoms with Crippen molar-refractivity contribution in [3.63, 3.8) is 0 Å². The van der Waals surface area contributed by atoms with Crippen LogP contribution in [0.5, 0.6) is 5.75 Å². The van der Waals surface area contributed by atoms with Crippen molar-refractivity contribution in [2.24, 2.45) is 0 Å². The Bertz CT molecular complexity index is 1070. The lowest BCUT2D eigenvalue weighted by Gasteiger charge is -2.07. The molecule has 0 aliphatic rings. The zero-order chi connectivity index (χ0) is 18.6. The summed E-state index contributed by atoms with van der Waals surface area (Å²) in [7, 11) is 0. The first-order chi connectivity index (χ1) is 13.2. The number of aromatic nitrogens is 2. The summed E-state index contributed by atoms with van der Waals surface area (Å²) in [6.45, 7) is 0. The van der Waals surface area contributed by atoms with Crippen LogP contribution in [-0.4, -0.2) is 21.2 Å². The first-order valence-electron chi connectivity index (χ1n) is 8.29. The second-order valence-electron chi connectivity index (χ2n) is 5.83. The molecule has 4 rings (SSSR count). The normalized spacial score (nSPS) is 10.5. The predicted molar refractivity (Wildman–Crippen MR) is 101 cm³/mol. The van der Waals surface area contributed by atoms with Gasteiger partial charge in [0.1, 0.15) is 5.75 Å². The van der Waals surface area contributed by atoms with E-state index in [4.69, 9.17) is 4.42 Å². The molecule has 6 nitrogen and oxygen atoms in total. The average Bonchev–Trinajstić information content (AvgIpc) is 3.21. The van der Waals surface area contributed by atoms with Crippen LogP contribution in [-0.2, 0) is 0 Å². The van der Waals surface area contributed by atoms with Crippen molar-refractivity contribution >= 4 is 11.6 Å². The fourth-order valence-electron chi connectivity index (χ4n) is 2.58. The van der Waals surface area contributed by atoms with Gasteiger partial charge in [-0.05, 0) is 48.5 Å². The van der Waals surface area contributed by atoms with Gasteiger partial charge in [-0.3, -0.25) is 4.79 Å². The van der Waals surface area contributed by atoms with Crippen LogP contribution >= 0.6 is 0 Å². The highest BCUT2D eigenvalue weighted by Crippen LogP contribution is 2.25. The molecule has 1 amide bonds. The fraction of sp³-hybridized carbons (Fsp3) is 0. The van der Waals surface area contributed by atoms with E-state index < -0.39 is 0 Å². The Morgan fingerprint density at radius 2 is 1.37 bits per heavy atom. The molecule has 1 heterocycles. The molecule has 6 heteroatoms. The van der Waals surface area contributed by atoms with E-state index in [1.54, 1.807) is 42.5 Å². The summed E-state index contributed by atoms with van der Waals surface area (Å²) in [5.41, 5.74) is 2.36. The highest BCUT2D eigenvalue weighted by molar-refractivity contribution is 6.05. The first-order valence-corrected chi connectivity index (χ1v) is 8.29. The van der Waals surface area contributed by atoms with Crippen LogP contribution in [0.2, 0.25) is 0 Å². The number of phenolic OH excluding ortho intramolecular Hbond substituents is 1. The van der Waals surface area contributed by atoms with E-state index in [0.717, 1.165) is 5.56 Å². The number of hydrogen-bond acceptors (Lipinski definition) is 5. The molecular formula is C21H15N3O3. The van der Waals surface area contributed by atoms with E-state index in [-0.39, 0.29) is 11.7 Å². The SMILES string of the molecule is O=C(Nc1ccccc1O)c1ccc(-c2nnc(-c3ccccc3)o2)cc1. The summed E-state index contributed by atoms with van der Waals surface area (Å²) in [4.78, 5) is 12.3. The molecule has 4 aromatic rings. The summed E-state index contributed by atoms with van der Waals surface area (Å²) >= 11 is 0. The highest BCUT2D eigenvalue weighted by atomic mass is 16.4. The molecule has 0 spiro atoms. The Morgan fingerprint density at radius 3 is 2.04 bits per heavy atom. The summed E-state index contributed by atoms with van der Waals surface area (Å²) in [6.07, 6.45) is 0. The molecule has 0 fully saturated rings. The minimum absolute atomic E-state index is 0.0155. The number of amides is 1. The topological polar surface area (TPSA) is 88.2 Å². The highest BCUT2D eigenvalue weighted by Gasteiger charge is 2.12. The van der Waals surface area contributed by atoms with Gasteiger partial charge in [-0.2, -0.15) is 0 Å². The van der Waals surface area contributed by atoms with Gasteiger partial charge in [0.2, 0.25) is 11.8 Å². The third-order valence-electron chi connectivity index (χ3n) is 3.99. The maximum atomic E-state index is 12.3. The number of benzene rings is 3. The second-order valence-corrected chi connectivity index (χ2v) is 5.83. The molecule has 3 aromatic carbocycles. The first kappa shape index (κ1) is 16.5. The standard InChI is InChI=1S/C21H15N3O3/c25-18-9-5-4-8-17(18)22-19(26)14-10-12-16(13-11-14)21-24-23-20(27-21)15-6-2-1-3-7-15/h1-13,25H,(H,22,26). The number of phenols is 1. The lowest BCUT2D eigenvalue weighted by Crippen LogP contribution is -2.11. The number of hydrogen-bond donors (Lipinski definition) is 2. The van der Waals surface area contributed by atoms with E-state index in [2.05, 4.69) is 15.5 Å². The largest absolute Gasteiger partial charge is 0.506 e. The number of nitrogens with zero attached hydrogens (tertiary/aromatic N) is 2. The summed E-state index contributed by atoms with van der Waals surface area (Å²) in [5.74, 6) is 0.508. The maximum absolute atomic E-state index is 12.3. The summed E-state index contributed by atoms with van der Waals surface area (Å²) in [6, 6.07) is 22.9. The van der Waals surface area contributed by atoms with Gasteiger partial charge in [0.15, 0.2) is 0 Å². The maximum Gasteiger partial charge on any atom is 0.255 e. The summed E-state index contributed by atoms with van der Waals surface area (Å²) in [5, 5.41) is 20.6. The molecule has 1 aromatic heterocycles. The quantitative estimate of drug-likeness (QED) is 0.530. The van der Waals surface area contributed by atoms with Crippen molar-refractivity contribution in [3.8, 4) is 28.7 Å². The lowest BCUT2D eigenvalue weighted by molar-refractivity contribution is 0.102. The number of aromatic hydroxyl groups is 1. The molecule has 0 unspecified atom stereocenters. The van der Waals surface area contributed by atoms with Crippen LogP contribution in [0, 0.1) is 0 Å². The van der Waals surface area contributed by atoms with E-state index in [0.29, 0.717) is 28.6 Å². The fourth-order valence-corrected chi connectivity index (χ4v) is 2.58. The van der Waals surface area contributed by atoms with Crippen molar-refractivity contribution in [1.82, 2.24) is 10.2 Å². The minimum atomic E-state index is -0.321. The zero-order valence-corrected chi connectivity index (χ0v) is 14.2. The molecule has 0 aliphatic carbocycles. The molecule has 0 atom stereocenters. The van der Waals surface area contributed by atoms with Crippen LogP contribution in [0.3, 0.4) is 0 Å². The molecule has 0 aliphatic heterocycles. The molecule has 0 radical (unpaired) electrons. The number of nitrogens with one attached hydrogen (secondary N) is 1. The van der Waals surface area contributed by atoms with Crippen molar-refractivity contribution in [2.45, 2.75) is 0 Å². The van der Waals surface area contributed by atoms with Gasteiger partial charge in [-0.25, -0.2) is 0 Å². The van der Waals surface area contributed by atoms with Gasteiger partial charge < -0.3 is 14.8 Å². The molecule has 0 saturated carbocycles. The van der Waals surface area contributed by atoms with Crippen LogP contribution in [0.1, 0.15) is 10.4 Å². The Morgan fingerprint density at radius 1 is 0.778 bits per heavy atom. The third kappa shape index (κ3) is 3.55. The molecule has 0 saturated heterocycles. The molecule has 27 heavy (non-hydrogen) atoms. The van der Waals surface area contributed by atoms with Gasteiger partial charge >= 0.3 is 0 Å². The Kier molecular flexibility index (Phi) is 4.37. The predicted octanol–water partition coefficient (Wildman–Crippen LogP) is 4.36. The molecule has 132 valence electrons. The average molecular weight is 357 g/mol. The number of carbonyl (C=O) groups is 1. The van der Waals surface area contributed by atoms with Gasteiger partial charge in [0.05, 0.1) is 5.69 Å². The van der Waals surface area contributed by atoms with Crippen molar-refractivity contribution in [2.75, 3.05) is 5.32 Å². The number of carbonyl (C=O) groups excluding carboxylic acids is 1. The molecular weight excluding hydrogens is 342 g/mol. The molecule has 0 bridgehead atoms. The van der Waals surface area contributed by atoms with Crippen LogP contribution in [0.4, 0.5) is 5.69 Å². The van der Waals surface area contributed by atoms with Crippen LogP contribution < -0.4 is 5.32 Å².